The summed E-state index contributed by atoms with van der Waals surface area (Å²) < 4.78 is 44.2. The van der Waals surface area contributed by atoms with Gasteiger partial charge >= 0.3 is 0 Å². The minimum atomic E-state index is -1.53. The zero-order valence-electron chi connectivity index (χ0n) is 8.30. The molecule has 0 saturated carbocycles. The van der Waals surface area contributed by atoms with Crippen LogP contribution in [0, 0.1) is 17.5 Å². The molecule has 5 heteroatoms. The number of ether oxygens (including phenoxy) is 1. The maximum Gasteiger partial charge on any atom is 0.194 e. The summed E-state index contributed by atoms with van der Waals surface area (Å²) in [7, 11) is 0. The van der Waals surface area contributed by atoms with Gasteiger partial charge in [-0.3, -0.25) is 4.79 Å². The molecule has 0 spiro atoms. The second-order valence-electron chi connectivity index (χ2n) is 3.62. The standard InChI is InChI=1S/C11H9F3O2/c12-8-2-1-7(10(13)11(8)14)9-5-6(15)3-4-16-9/h1-2,9H,3-5H2. The molecule has 2 rings (SSSR count). The van der Waals surface area contributed by atoms with Gasteiger partial charge in [-0.05, 0) is 6.07 Å². The molecule has 0 aliphatic carbocycles. The van der Waals surface area contributed by atoms with Crippen molar-refractivity contribution in [2.24, 2.45) is 0 Å². The summed E-state index contributed by atoms with van der Waals surface area (Å²) in [6.07, 6.45) is -0.527. The van der Waals surface area contributed by atoms with E-state index in [4.69, 9.17) is 4.74 Å². The van der Waals surface area contributed by atoms with Gasteiger partial charge in [0.2, 0.25) is 0 Å². The summed E-state index contributed by atoms with van der Waals surface area (Å²) in [4.78, 5) is 11.1. The molecule has 0 N–H and O–H groups in total. The lowest BCUT2D eigenvalue weighted by molar-refractivity contribution is -0.128. The lowest BCUT2D eigenvalue weighted by Crippen LogP contribution is -2.20. The Morgan fingerprint density at radius 3 is 2.62 bits per heavy atom. The van der Waals surface area contributed by atoms with E-state index in [1.54, 1.807) is 0 Å². The van der Waals surface area contributed by atoms with E-state index in [2.05, 4.69) is 0 Å². The fourth-order valence-electron chi connectivity index (χ4n) is 1.67. The Kier molecular flexibility index (Phi) is 2.96. The molecule has 0 amide bonds. The van der Waals surface area contributed by atoms with Crippen LogP contribution in [0.5, 0.6) is 0 Å². The lowest BCUT2D eigenvalue weighted by atomic mass is 10.00. The van der Waals surface area contributed by atoms with Crippen molar-refractivity contribution < 1.29 is 22.7 Å². The fraction of sp³-hybridized carbons (Fsp3) is 0.364. The molecule has 1 unspecified atom stereocenters. The van der Waals surface area contributed by atoms with Gasteiger partial charge in [0.15, 0.2) is 17.5 Å². The maximum absolute atomic E-state index is 13.4. The van der Waals surface area contributed by atoms with Crippen LogP contribution >= 0.6 is 0 Å². The first-order valence-electron chi connectivity index (χ1n) is 4.86. The van der Waals surface area contributed by atoms with Crippen LogP contribution in [-0.4, -0.2) is 12.4 Å². The van der Waals surface area contributed by atoms with Gasteiger partial charge in [-0.15, -0.1) is 0 Å². The van der Waals surface area contributed by atoms with Crippen LogP contribution in [0.15, 0.2) is 12.1 Å². The molecule has 1 aromatic rings. The first-order chi connectivity index (χ1) is 7.59. The number of ketones is 1. The second kappa shape index (κ2) is 4.25. The van der Waals surface area contributed by atoms with E-state index in [9.17, 15) is 18.0 Å². The van der Waals surface area contributed by atoms with Crippen molar-refractivity contribution in [2.45, 2.75) is 18.9 Å². The van der Waals surface area contributed by atoms with Gasteiger partial charge in [-0.2, -0.15) is 0 Å². The SMILES string of the molecule is O=C1CCOC(c2ccc(F)c(F)c2F)C1. The molecule has 1 heterocycles. The summed E-state index contributed by atoms with van der Waals surface area (Å²) >= 11 is 0. The van der Waals surface area contributed by atoms with E-state index in [-0.39, 0.29) is 30.8 Å². The lowest BCUT2D eigenvalue weighted by Gasteiger charge is -2.22. The highest BCUT2D eigenvalue weighted by Gasteiger charge is 2.26. The fourth-order valence-corrected chi connectivity index (χ4v) is 1.67. The highest BCUT2D eigenvalue weighted by Crippen LogP contribution is 2.29. The number of carbonyl (C=O) groups excluding carboxylic acids is 1. The van der Waals surface area contributed by atoms with E-state index < -0.39 is 23.6 Å². The first kappa shape index (κ1) is 11.1. The van der Waals surface area contributed by atoms with Crippen LogP contribution in [-0.2, 0) is 9.53 Å². The minimum Gasteiger partial charge on any atom is -0.372 e. The van der Waals surface area contributed by atoms with Crippen LogP contribution in [0.1, 0.15) is 24.5 Å². The van der Waals surface area contributed by atoms with E-state index in [1.807, 2.05) is 0 Å². The molecular weight excluding hydrogens is 221 g/mol. The highest BCUT2D eigenvalue weighted by atomic mass is 19.2. The normalized spacial score (nSPS) is 21.2. The van der Waals surface area contributed by atoms with Gasteiger partial charge in [-0.25, -0.2) is 13.2 Å². The monoisotopic (exact) mass is 230 g/mol. The van der Waals surface area contributed by atoms with Crippen LogP contribution in [0.2, 0.25) is 0 Å². The number of halogens is 3. The topological polar surface area (TPSA) is 26.3 Å². The molecule has 1 aliphatic heterocycles. The molecule has 16 heavy (non-hydrogen) atoms. The van der Waals surface area contributed by atoms with Crippen molar-refractivity contribution in [3.05, 3.63) is 35.1 Å². The molecule has 1 aromatic carbocycles. The van der Waals surface area contributed by atoms with Crippen molar-refractivity contribution in [3.8, 4) is 0 Å². The Hall–Kier alpha value is -1.36. The average Bonchev–Trinajstić information content (AvgIpc) is 2.26. The Morgan fingerprint density at radius 2 is 1.94 bits per heavy atom. The summed E-state index contributed by atoms with van der Waals surface area (Å²) in [5.74, 6) is -4.12. The third-order valence-electron chi connectivity index (χ3n) is 2.52. The van der Waals surface area contributed by atoms with Gasteiger partial charge in [0.1, 0.15) is 5.78 Å². The van der Waals surface area contributed by atoms with Gasteiger partial charge < -0.3 is 4.74 Å². The zero-order chi connectivity index (χ0) is 11.7. The summed E-state index contributed by atoms with van der Waals surface area (Å²) in [6, 6.07) is 1.94. The average molecular weight is 230 g/mol. The van der Waals surface area contributed by atoms with Crippen LogP contribution in [0.3, 0.4) is 0 Å². The molecule has 2 nitrogen and oxygen atoms in total. The summed E-state index contributed by atoms with van der Waals surface area (Å²) in [5.41, 5.74) is -0.105. The van der Waals surface area contributed by atoms with Crippen molar-refractivity contribution in [1.29, 1.82) is 0 Å². The van der Waals surface area contributed by atoms with Gasteiger partial charge in [0.25, 0.3) is 0 Å². The van der Waals surface area contributed by atoms with E-state index in [0.717, 1.165) is 12.1 Å². The first-order valence-corrected chi connectivity index (χ1v) is 4.86. The molecule has 0 radical (unpaired) electrons. The quantitative estimate of drug-likeness (QED) is 0.693. The number of hydrogen-bond donors (Lipinski definition) is 0. The molecule has 1 fully saturated rings. The predicted molar refractivity (Wildman–Crippen MR) is 49.3 cm³/mol. The van der Waals surface area contributed by atoms with Crippen LogP contribution < -0.4 is 0 Å². The summed E-state index contributed by atoms with van der Waals surface area (Å²) in [6.45, 7) is 0.182. The van der Waals surface area contributed by atoms with Crippen molar-refractivity contribution in [1.82, 2.24) is 0 Å². The highest BCUT2D eigenvalue weighted by molar-refractivity contribution is 5.79. The third-order valence-corrected chi connectivity index (χ3v) is 2.52. The predicted octanol–water partition coefficient (Wildman–Crippen LogP) is 2.52. The Balaban J connectivity index is 2.33. The molecule has 1 atom stereocenters. The number of carbonyl (C=O) groups is 1. The van der Waals surface area contributed by atoms with Gasteiger partial charge in [-0.1, -0.05) is 6.07 Å². The largest absolute Gasteiger partial charge is 0.372 e. The molecule has 86 valence electrons. The molecule has 0 bridgehead atoms. The Morgan fingerprint density at radius 1 is 1.19 bits per heavy atom. The zero-order valence-corrected chi connectivity index (χ0v) is 8.30. The summed E-state index contributed by atoms with van der Waals surface area (Å²) in [5, 5.41) is 0. The minimum absolute atomic E-state index is 0.00198. The maximum atomic E-state index is 13.4. The number of rotatable bonds is 1. The number of benzene rings is 1. The van der Waals surface area contributed by atoms with E-state index in [0.29, 0.717) is 0 Å². The number of hydrogen-bond acceptors (Lipinski definition) is 2. The molecule has 0 aromatic heterocycles. The van der Waals surface area contributed by atoms with E-state index >= 15 is 0 Å². The van der Waals surface area contributed by atoms with Crippen molar-refractivity contribution in [2.75, 3.05) is 6.61 Å². The molecule has 1 aliphatic rings. The molecule has 1 saturated heterocycles. The Labute approximate surface area is 90.0 Å². The second-order valence-corrected chi connectivity index (χ2v) is 3.62. The van der Waals surface area contributed by atoms with E-state index in [1.165, 1.54) is 0 Å². The van der Waals surface area contributed by atoms with Crippen molar-refractivity contribution in [3.63, 3.8) is 0 Å². The smallest absolute Gasteiger partial charge is 0.194 e. The van der Waals surface area contributed by atoms with Gasteiger partial charge in [0, 0.05) is 18.4 Å². The molecular formula is C11H9F3O2. The van der Waals surface area contributed by atoms with Gasteiger partial charge in [0.05, 0.1) is 12.7 Å². The Bertz CT molecular complexity index is 431. The van der Waals surface area contributed by atoms with Crippen LogP contribution in [0.25, 0.3) is 0 Å². The number of Topliss-reactive ketones (excluding diaryl/α,β-unsaturated/α-hetero) is 1. The third kappa shape index (κ3) is 1.95. The van der Waals surface area contributed by atoms with Crippen LogP contribution in [0.4, 0.5) is 13.2 Å². The van der Waals surface area contributed by atoms with Crippen molar-refractivity contribution >= 4 is 5.78 Å².